The summed E-state index contributed by atoms with van der Waals surface area (Å²) >= 11 is 0. The molecule has 0 saturated heterocycles. The second-order valence-corrected chi connectivity index (χ2v) is 4.82. The Morgan fingerprint density at radius 3 is 2.62 bits per heavy atom. The molecule has 0 unspecified atom stereocenters. The minimum atomic E-state index is -0.451. The van der Waals surface area contributed by atoms with Crippen LogP contribution < -0.4 is 5.32 Å². The Hall–Kier alpha value is -2.37. The van der Waals surface area contributed by atoms with E-state index in [0.717, 1.165) is 30.4 Å². The average Bonchev–Trinajstić information content (AvgIpc) is 2.92. The molecule has 0 aliphatic rings. The number of hydrogen-bond donors (Lipinski definition) is 2. The highest BCUT2D eigenvalue weighted by Gasteiger charge is 2.07. The Balaban J connectivity index is 1.84. The van der Waals surface area contributed by atoms with Crippen molar-refractivity contribution in [3.63, 3.8) is 0 Å². The minimum Gasteiger partial charge on any atom is -0.465 e. The van der Waals surface area contributed by atoms with Gasteiger partial charge in [0, 0.05) is 18.5 Å². The van der Waals surface area contributed by atoms with Crippen molar-refractivity contribution in [3.8, 4) is 17.5 Å². The van der Waals surface area contributed by atoms with Gasteiger partial charge < -0.3 is 14.8 Å². The first kappa shape index (κ1) is 15.0. The summed E-state index contributed by atoms with van der Waals surface area (Å²) in [5.41, 5.74) is 1.71. The van der Waals surface area contributed by atoms with E-state index in [1.807, 2.05) is 24.3 Å². The normalized spacial score (nSPS) is 10.5. The van der Waals surface area contributed by atoms with Crippen LogP contribution in [-0.2, 0) is 11.3 Å². The molecule has 1 aromatic heterocycles. The van der Waals surface area contributed by atoms with E-state index in [1.165, 1.54) is 0 Å². The summed E-state index contributed by atoms with van der Waals surface area (Å²) in [6.07, 6.45) is 3.25. The van der Waals surface area contributed by atoms with Gasteiger partial charge in [0.25, 0.3) is 5.89 Å². The molecule has 21 heavy (non-hydrogen) atoms. The zero-order valence-corrected chi connectivity index (χ0v) is 12.0. The Bertz CT molecular complexity index is 578. The van der Waals surface area contributed by atoms with Gasteiger partial charge in [-0.1, -0.05) is 37.0 Å². The van der Waals surface area contributed by atoms with Crippen molar-refractivity contribution in [3.05, 3.63) is 29.8 Å². The maximum absolute atomic E-state index is 11.6. The third-order valence-electron chi connectivity index (χ3n) is 3.11. The summed E-state index contributed by atoms with van der Waals surface area (Å²) in [6, 6.07) is 7.38. The van der Waals surface area contributed by atoms with Gasteiger partial charge in [-0.25, -0.2) is 0 Å². The molecule has 0 fully saturated rings. The van der Waals surface area contributed by atoms with E-state index in [-0.39, 0.29) is 11.8 Å². The lowest BCUT2D eigenvalue weighted by molar-refractivity contribution is -0.121. The molecule has 1 heterocycles. The number of nitrogens with zero attached hydrogens (tertiary/aromatic N) is 2. The van der Waals surface area contributed by atoms with E-state index in [9.17, 15) is 4.79 Å². The summed E-state index contributed by atoms with van der Waals surface area (Å²) in [4.78, 5) is 11.6. The van der Waals surface area contributed by atoms with Gasteiger partial charge in [0.15, 0.2) is 0 Å². The number of benzene rings is 1. The molecule has 2 rings (SSSR count). The monoisotopic (exact) mass is 289 g/mol. The van der Waals surface area contributed by atoms with Crippen LogP contribution in [0.2, 0.25) is 0 Å². The summed E-state index contributed by atoms with van der Waals surface area (Å²) < 4.78 is 4.93. The van der Waals surface area contributed by atoms with Gasteiger partial charge in [0.1, 0.15) is 0 Å². The third kappa shape index (κ3) is 4.59. The fourth-order valence-electron chi connectivity index (χ4n) is 1.92. The van der Waals surface area contributed by atoms with E-state index in [1.54, 1.807) is 0 Å². The molecule has 6 heteroatoms. The quantitative estimate of drug-likeness (QED) is 0.765. The predicted octanol–water partition coefficient (Wildman–Crippen LogP) is 2.64. The van der Waals surface area contributed by atoms with Gasteiger partial charge in [0.2, 0.25) is 5.91 Å². The summed E-state index contributed by atoms with van der Waals surface area (Å²) in [5, 5.41) is 19.0. The molecule has 1 amide bonds. The van der Waals surface area contributed by atoms with Crippen molar-refractivity contribution in [2.75, 3.05) is 0 Å². The maximum Gasteiger partial charge on any atom is 0.412 e. The molecule has 0 spiro atoms. The van der Waals surface area contributed by atoms with Crippen molar-refractivity contribution in [1.82, 2.24) is 15.5 Å². The van der Waals surface area contributed by atoms with Crippen molar-refractivity contribution < 1.29 is 14.3 Å². The van der Waals surface area contributed by atoms with Crippen LogP contribution in [0.5, 0.6) is 6.08 Å². The van der Waals surface area contributed by atoms with E-state index < -0.39 is 6.08 Å². The van der Waals surface area contributed by atoms with Crippen LogP contribution in [-0.4, -0.2) is 21.2 Å². The summed E-state index contributed by atoms with van der Waals surface area (Å²) in [6.45, 7) is 2.61. The highest BCUT2D eigenvalue weighted by atomic mass is 16.5. The van der Waals surface area contributed by atoms with Gasteiger partial charge in [-0.15, -0.1) is 5.10 Å². The molecule has 6 nitrogen and oxygen atoms in total. The lowest BCUT2D eigenvalue weighted by Gasteiger charge is -2.05. The van der Waals surface area contributed by atoms with Crippen molar-refractivity contribution in [2.24, 2.45) is 0 Å². The number of aromatic nitrogens is 2. The third-order valence-corrected chi connectivity index (χ3v) is 3.11. The van der Waals surface area contributed by atoms with Crippen molar-refractivity contribution in [1.29, 1.82) is 0 Å². The molecule has 2 N–H and O–H groups in total. The first-order valence-corrected chi connectivity index (χ1v) is 7.07. The molecule has 0 saturated carbocycles. The topological polar surface area (TPSA) is 88.2 Å². The Morgan fingerprint density at radius 1 is 1.24 bits per heavy atom. The lowest BCUT2D eigenvalue weighted by atomic mass is 10.1. The van der Waals surface area contributed by atoms with Crippen LogP contribution >= 0.6 is 0 Å². The van der Waals surface area contributed by atoms with Crippen LogP contribution in [0.3, 0.4) is 0 Å². The molecule has 0 radical (unpaired) electrons. The number of carbonyl (C=O) groups excluding carboxylic acids is 1. The van der Waals surface area contributed by atoms with E-state index in [2.05, 4.69) is 22.4 Å². The number of aromatic hydroxyl groups is 1. The van der Waals surface area contributed by atoms with Gasteiger partial charge in [0.05, 0.1) is 0 Å². The summed E-state index contributed by atoms with van der Waals surface area (Å²) in [7, 11) is 0. The second-order valence-electron chi connectivity index (χ2n) is 4.82. The number of nitrogens with one attached hydrogen (secondary N) is 1. The summed E-state index contributed by atoms with van der Waals surface area (Å²) in [5.74, 6) is 0.344. The minimum absolute atomic E-state index is 0.0781. The molecule has 0 aliphatic heterocycles. The van der Waals surface area contributed by atoms with Crippen LogP contribution in [0.1, 0.15) is 38.2 Å². The highest BCUT2D eigenvalue weighted by Crippen LogP contribution is 2.20. The lowest BCUT2D eigenvalue weighted by Crippen LogP contribution is -2.22. The molecule has 112 valence electrons. The van der Waals surface area contributed by atoms with Gasteiger partial charge in [-0.3, -0.25) is 4.79 Å². The molecular weight excluding hydrogens is 270 g/mol. The Morgan fingerprint density at radius 2 is 2.00 bits per heavy atom. The average molecular weight is 289 g/mol. The van der Waals surface area contributed by atoms with Crippen LogP contribution in [0, 0.1) is 0 Å². The zero-order chi connectivity index (χ0) is 15.1. The van der Waals surface area contributed by atoms with Crippen LogP contribution in [0.15, 0.2) is 28.7 Å². The van der Waals surface area contributed by atoms with Gasteiger partial charge in [-0.05, 0) is 24.1 Å². The number of hydrogen-bond acceptors (Lipinski definition) is 5. The fraction of sp³-hybridized carbons (Fsp3) is 0.400. The molecule has 0 aliphatic carbocycles. The maximum atomic E-state index is 11.6. The van der Waals surface area contributed by atoms with E-state index in [0.29, 0.717) is 13.0 Å². The number of carbonyl (C=O) groups is 1. The molecule has 0 bridgehead atoms. The number of amides is 1. The number of rotatable bonds is 7. The fourth-order valence-corrected chi connectivity index (χ4v) is 1.92. The van der Waals surface area contributed by atoms with E-state index in [4.69, 9.17) is 9.52 Å². The van der Waals surface area contributed by atoms with Gasteiger partial charge >= 0.3 is 6.08 Å². The molecular formula is C15H19N3O3. The Labute approximate surface area is 123 Å². The van der Waals surface area contributed by atoms with Crippen LogP contribution in [0.25, 0.3) is 11.5 Å². The molecule has 0 atom stereocenters. The first-order chi connectivity index (χ1) is 10.2. The standard InChI is InChI=1S/C15H19N3O3/c1-2-3-4-5-13(19)16-10-11-6-8-12(9-7-11)14-17-18-15(20)21-14/h6-9H,2-5,10H2,1H3,(H,16,19)(H,18,20). The largest absolute Gasteiger partial charge is 0.465 e. The molecule has 1 aromatic carbocycles. The first-order valence-electron chi connectivity index (χ1n) is 7.07. The van der Waals surface area contributed by atoms with Crippen molar-refractivity contribution in [2.45, 2.75) is 39.2 Å². The molecule has 2 aromatic rings. The predicted molar refractivity (Wildman–Crippen MR) is 77.4 cm³/mol. The number of unbranched alkanes of at least 4 members (excludes halogenated alkanes) is 2. The smallest absolute Gasteiger partial charge is 0.412 e. The zero-order valence-electron chi connectivity index (χ0n) is 12.0. The Kier molecular flexibility index (Phi) is 5.31. The van der Waals surface area contributed by atoms with Gasteiger partial charge in [-0.2, -0.15) is 0 Å². The van der Waals surface area contributed by atoms with E-state index >= 15 is 0 Å². The second kappa shape index (κ2) is 7.42. The SMILES string of the molecule is CCCCCC(=O)NCc1ccc(-c2nnc(O)o2)cc1. The highest BCUT2D eigenvalue weighted by molar-refractivity contribution is 5.75. The van der Waals surface area contributed by atoms with Crippen molar-refractivity contribution >= 4 is 5.91 Å². The van der Waals surface area contributed by atoms with Crippen LogP contribution in [0.4, 0.5) is 0 Å².